The normalized spacial score (nSPS) is 28.9. The highest BCUT2D eigenvalue weighted by Gasteiger charge is 2.42. The number of carboxylic acids is 1. The van der Waals surface area contributed by atoms with Gasteiger partial charge in [0, 0.05) is 37.6 Å². The first-order valence-electron chi connectivity index (χ1n) is 8.98. The summed E-state index contributed by atoms with van der Waals surface area (Å²) in [5.41, 5.74) is 0.928. The molecule has 0 aromatic carbocycles. The topological polar surface area (TPSA) is 84.3 Å². The van der Waals surface area contributed by atoms with E-state index in [0.29, 0.717) is 12.6 Å². The molecule has 7 nitrogen and oxygen atoms in total. The summed E-state index contributed by atoms with van der Waals surface area (Å²) in [6, 6.07) is 0.274. The van der Waals surface area contributed by atoms with Gasteiger partial charge in [0.25, 0.3) is 0 Å². The predicted octanol–water partition coefficient (Wildman–Crippen LogP) is 0.599. The van der Waals surface area contributed by atoms with Gasteiger partial charge < -0.3 is 20.0 Å². The first-order chi connectivity index (χ1) is 11.6. The molecule has 0 aromatic rings. The van der Waals surface area contributed by atoms with Crippen molar-refractivity contribution >= 4 is 11.9 Å². The zero-order chi connectivity index (χ0) is 18.9. The Morgan fingerprint density at radius 2 is 1.96 bits per heavy atom. The minimum absolute atomic E-state index is 0.0116. The lowest BCUT2D eigenvalue weighted by atomic mass is 9.96. The van der Waals surface area contributed by atoms with E-state index < -0.39 is 12.1 Å². The Balaban J connectivity index is 2.24. The zero-order valence-corrected chi connectivity index (χ0v) is 15.9. The van der Waals surface area contributed by atoms with Crippen LogP contribution in [0.2, 0.25) is 0 Å². The average molecular weight is 353 g/mol. The van der Waals surface area contributed by atoms with Gasteiger partial charge in [0.2, 0.25) is 5.91 Å². The van der Waals surface area contributed by atoms with E-state index in [1.54, 1.807) is 6.92 Å². The van der Waals surface area contributed by atoms with Crippen molar-refractivity contribution < 1.29 is 19.8 Å². The Hall–Kier alpha value is -1.44. The van der Waals surface area contributed by atoms with Gasteiger partial charge in [0.15, 0.2) is 0 Å². The molecule has 0 bridgehead atoms. The van der Waals surface area contributed by atoms with Crippen molar-refractivity contribution in [1.82, 2.24) is 14.7 Å². The highest BCUT2D eigenvalue weighted by Crippen LogP contribution is 2.36. The molecule has 2 rings (SSSR count). The standard InChI is InChI=1S/C18H31N3O4/c1-11(22)8-16(23)21-13(3)12(2)15(17(21)18(24)25)10-20-7-6-14(9-20)19(4)5/h11-14,22H,6-10H2,1-5H3,(H,24,25)/t11-,12-,13+,14+/m1/s1. The molecule has 142 valence electrons. The van der Waals surface area contributed by atoms with E-state index in [9.17, 15) is 19.8 Å². The van der Waals surface area contributed by atoms with Crippen molar-refractivity contribution in [1.29, 1.82) is 0 Å². The van der Waals surface area contributed by atoms with Crippen LogP contribution in [0.5, 0.6) is 0 Å². The highest BCUT2D eigenvalue weighted by atomic mass is 16.4. The van der Waals surface area contributed by atoms with Crippen LogP contribution in [0, 0.1) is 5.92 Å². The lowest BCUT2D eigenvalue weighted by Gasteiger charge is -2.26. The Bertz CT molecular complexity index is 559. The predicted molar refractivity (Wildman–Crippen MR) is 95.0 cm³/mol. The largest absolute Gasteiger partial charge is 0.477 e. The molecule has 0 aromatic heterocycles. The number of likely N-dealkylation sites (N-methyl/N-ethyl adjacent to an activating group) is 1. The summed E-state index contributed by atoms with van der Waals surface area (Å²) < 4.78 is 0. The number of carbonyl (C=O) groups excluding carboxylic acids is 1. The summed E-state index contributed by atoms with van der Waals surface area (Å²) in [5.74, 6) is -1.40. The molecule has 0 saturated carbocycles. The smallest absolute Gasteiger partial charge is 0.352 e. The minimum atomic E-state index is -1.06. The third-order valence-electron chi connectivity index (χ3n) is 5.54. The summed E-state index contributed by atoms with van der Waals surface area (Å²) >= 11 is 0. The maximum Gasteiger partial charge on any atom is 0.352 e. The minimum Gasteiger partial charge on any atom is -0.477 e. The summed E-state index contributed by atoms with van der Waals surface area (Å²) in [6.07, 6.45) is 0.221. The first-order valence-corrected chi connectivity index (χ1v) is 8.98. The molecule has 1 amide bonds. The molecule has 25 heavy (non-hydrogen) atoms. The summed E-state index contributed by atoms with van der Waals surface area (Å²) in [6.45, 7) is 7.83. The number of aliphatic hydroxyl groups excluding tert-OH is 1. The molecule has 0 aliphatic carbocycles. The molecular weight excluding hydrogens is 322 g/mol. The quantitative estimate of drug-likeness (QED) is 0.727. The molecule has 2 aliphatic rings. The number of carboxylic acid groups (broad SMARTS) is 1. The van der Waals surface area contributed by atoms with Gasteiger partial charge in [0.1, 0.15) is 5.70 Å². The van der Waals surface area contributed by atoms with E-state index in [-0.39, 0.29) is 30.0 Å². The molecule has 2 heterocycles. The van der Waals surface area contributed by atoms with Gasteiger partial charge in [-0.05, 0) is 39.9 Å². The van der Waals surface area contributed by atoms with E-state index in [2.05, 4.69) is 23.9 Å². The number of likely N-dealkylation sites (tertiary alicyclic amines) is 1. The van der Waals surface area contributed by atoms with Crippen LogP contribution in [-0.2, 0) is 9.59 Å². The van der Waals surface area contributed by atoms with Gasteiger partial charge in [-0.15, -0.1) is 0 Å². The summed E-state index contributed by atoms with van der Waals surface area (Å²) in [4.78, 5) is 30.3. The lowest BCUT2D eigenvalue weighted by molar-refractivity contribution is -0.141. The second-order valence-electron chi connectivity index (χ2n) is 7.67. The molecule has 4 atom stereocenters. The number of amides is 1. The van der Waals surface area contributed by atoms with Gasteiger partial charge in [-0.3, -0.25) is 9.69 Å². The van der Waals surface area contributed by atoms with Crippen LogP contribution in [0.25, 0.3) is 0 Å². The van der Waals surface area contributed by atoms with Crippen LogP contribution in [-0.4, -0.2) is 88.7 Å². The van der Waals surface area contributed by atoms with Crippen LogP contribution in [0.3, 0.4) is 0 Å². The molecular formula is C18H31N3O4. The molecule has 2 N–H and O–H groups in total. The van der Waals surface area contributed by atoms with Gasteiger partial charge >= 0.3 is 5.97 Å². The summed E-state index contributed by atoms with van der Waals surface area (Å²) in [7, 11) is 4.12. The fourth-order valence-electron chi connectivity index (χ4n) is 3.87. The number of carbonyl (C=O) groups is 2. The molecule has 7 heteroatoms. The Labute approximate surface area is 149 Å². The lowest BCUT2D eigenvalue weighted by Crippen LogP contribution is -2.39. The van der Waals surface area contributed by atoms with Crippen molar-refractivity contribution in [3.63, 3.8) is 0 Å². The number of hydrogen-bond acceptors (Lipinski definition) is 5. The molecule has 2 aliphatic heterocycles. The fraction of sp³-hybridized carbons (Fsp3) is 0.778. The van der Waals surface area contributed by atoms with E-state index >= 15 is 0 Å². The first kappa shape index (κ1) is 19.9. The molecule has 0 spiro atoms. The van der Waals surface area contributed by atoms with E-state index in [4.69, 9.17) is 0 Å². The van der Waals surface area contributed by atoms with Crippen LogP contribution >= 0.6 is 0 Å². The number of hydrogen-bond donors (Lipinski definition) is 2. The second kappa shape index (κ2) is 7.85. The average Bonchev–Trinajstić information content (AvgIpc) is 3.05. The third kappa shape index (κ3) is 4.22. The third-order valence-corrected chi connectivity index (χ3v) is 5.54. The van der Waals surface area contributed by atoms with Gasteiger partial charge in [0.05, 0.1) is 12.5 Å². The Morgan fingerprint density at radius 1 is 1.32 bits per heavy atom. The number of rotatable bonds is 6. The van der Waals surface area contributed by atoms with E-state index in [0.717, 1.165) is 25.1 Å². The molecule has 0 unspecified atom stereocenters. The highest BCUT2D eigenvalue weighted by molar-refractivity contribution is 5.95. The van der Waals surface area contributed by atoms with Gasteiger partial charge in [-0.2, -0.15) is 0 Å². The fourth-order valence-corrected chi connectivity index (χ4v) is 3.87. The van der Waals surface area contributed by atoms with Crippen LogP contribution in [0.15, 0.2) is 11.3 Å². The van der Waals surface area contributed by atoms with Crippen molar-refractivity contribution in [3.05, 3.63) is 11.3 Å². The Kier molecular flexibility index (Phi) is 6.24. The molecule has 1 saturated heterocycles. The zero-order valence-electron chi connectivity index (χ0n) is 15.9. The summed E-state index contributed by atoms with van der Waals surface area (Å²) in [5, 5.41) is 19.3. The monoisotopic (exact) mass is 353 g/mol. The molecule has 0 radical (unpaired) electrons. The Morgan fingerprint density at radius 3 is 2.44 bits per heavy atom. The van der Waals surface area contributed by atoms with Crippen LogP contribution in [0.1, 0.15) is 33.6 Å². The van der Waals surface area contributed by atoms with Crippen molar-refractivity contribution in [2.45, 2.75) is 51.8 Å². The SMILES string of the molecule is C[C@@H](O)CC(=O)N1C(C(=O)O)=C(CN2CC[C@H](N(C)C)C2)[C@H](C)[C@@H]1C. The van der Waals surface area contributed by atoms with Crippen LogP contribution in [0.4, 0.5) is 0 Å². The van der Waals surface area contributed by atoms with E-state index in [1.807, 2.05) is 13.8 Å². The number of aliphatic hydroxyl groups is 1. The number of nitrogens with zero attached hydrogens (tertiary/aromatic N) is 3. The maximum atomic E-state index is 12.5. The van der Waals surface area contributed by atoms with Crippen molar-refractivity contribution in [2.24, 2.45) is 5.92 Å². The molecule has 1 fully saturated rings. The number of aliphatic carboxylic acids is 1. The van der Waals surface area contributed by atoms with Crippen LogP contribution < -0.4 is 0 Å². The van der Waals surface area contributed by atoms with E-state index in [1.165, 1.54) is 4.90 Å². The van der Waals surface area contributed by atoms with Crippen molar-refractivity contribution in [2.75, 3.05) is 33.7 Å². The maximum absolute atomic E-state index is 12.5. The van der Waals surface area contributed by atoms with Gasteiger partial charge in [-0.1, -0.05) is 6.92 Å². The van der Waals surface area contributed by atoms with Gasteiger partial charge in [-0.25, -0.2) is 4.79 Å². The van der Waals surface area contributed by atoms with Crippen molar-refractivity contribution in [3.8, 4) is 0 Å². The second-order valence-corrected chi connectivity index (χ2v) is 7.67.